The number of nitrogens with zero attached hydrogens (tertiary/aromatic N) is 2. The molecule has 0 spiro atoms. The smallest absolute Gasteiger partial charge is 0.272 e. The van der Waals surface area contributed by atoms with Crippen molar-refractivity contribution < 1.29 is 9.53 Å². The molecule has 1 atom stereocenters. The van der Waals surface area contributed by atoms with Crippen LogP contribution in [0.2, 0.25) is 0 Å². The highest BCUT2D eigenvalue weighted by Crippen LogP contribution is 2.27. The molecule has 1 aromatic heterocycles. The predicted octanol–water partition coefficient (Wildman–Crippen LogP) is 3.85. The molecule has 0 saturated heterocycles. The average molecular weight is 412 g/mol. The Balaban J connectivity index is 1.46. The Bertz CT molecular complexity index is 924. The van der Waals surface area contributed by atoms with Gasteiger partial charge >= 0.3 is 0 Å². The standard InChI is InChI=1S/C20H18BrN3O2/c21-16-9-5-4-8-15(16)10-22-20(25)19-17-12-26-18(11-24(17)13-23-19)14-6-2-1-3-7-14/h1-9,13,18H,10-12H2,(H,22,25). The number of hydrogen-bond acceptors (Lipinski definition) is 3. The molecule has 2 heterocycles. The molecule has 2 aromatic carbocycles. The summed E-state index contributed by atoms with van der Waals surface area (Å²) >= 11 is 3.49. The Morgan fingerprint density at radius 3 is 2.77 bits per heavy atom. The zero-order valence-electron chi connectivity index (χ0n) is 14.1. The second-order valence-corrected chi connectivity index (χ2v) is 7.03. The third-order valence-electron chi connectivity index (χ3n) is 4.51. The molecule has 132 valence electrons. The molecular weight excluding hydrogens is 394 g/mol. The van der Waals surface area contributed by atoms with Crippen LogP contribution in [0.1, 0.15) is 33.4 Å². The summed E-state index contributed by atoms with van der Waals surface area (Å²) in [6.45, 7) is 1.47. The van der Waals surface area contributed by atoms with E-state index in [1.165, 1.54) is 0 Å². The largest absolute Gasteiger partial charge is 0.365 e. The van der Waals surface area contributed by atoms with Crippen LogP contribution in [0.3, 0.4) is 0 Å². The summed E-state index contributed by atoms with van der Waals surface area (Å²) in [4.78, 5) is 16.9. The number of fused-ring (bicyclic) bond motifs is 1. The number of nitrogens with one attached hydrogen (secondary N) is 1. The average Bonchev–Trinajstić information content (AvgIpc) is 3.11. The van der Waals surface area contributed by atoms with Gasteiger partial charge in [-0.3, -0.25) is 4.79 Å². The van der Waals surface area contributed by atoms with E-state index in [1.54, 1.807) is 6.33 Å². The van der Waals surface area contributed by atoms with Crippen LogP contribution in [0.15, 0.2) is 65.4 Å². The second kappa shape index (κ2) is 7.43. The lowest BCUT2D eigenvalue weighted by Crippen LogP contribution is -2.27. The minimum atomic E-state index is -0.184. The van der Waals surface area contributed by atoms with Gasteiger partial charge in [0.05, 0.1) is 25.2 Å². The third-order valence-corrected chi connectivity index (χ3v) is 5.29. The van der Waals surface area contributed by atoms with Crippen LogP contribution in [0.25, 0.3) is 0 Å². The lowest BCUT2D eigenvalue weighted by molar-refractivity contribution is 0.00257. The first-order chi connectivity index (χ1) is 12.7. The molecule has 1 unspecified atom stereocenters. The van der Waals surface area contributed by atoms with Gasteiger partial charge in [0.15, 0.2) is 5.69 Å². The number of carbonyl (C=O) groups is 1. The van der Waals surface area contributed by atoms with Crippen molar-refractivity contribution in [1.82, 2.24) is 14.9 Å². The highest BCUT2D eigenvalue weighted by atomic mass is 79.9. The van der Waals surface area contributed by atoms with Crippen LogP contribution < -0.4 is 5.32 Å². The van der Waals surface area contributed by atoms with Crippen molar-refractivity contribution >= 4 is 21.8 Å². The maximum atomic E-state index is 12.6. The van der Waals surface area contributed by atoms with E-state index in [-0.39, 0.29) is 12.0 Å². The summed E-state index contributed by atoms with van der Waals surface area (Å²) in [6, 6.07) is 17.9. The summed E-state index contributed by atoms with van der Waals surface area (Å²) in [5.74, 6) is -0.184. The second-order valence-electron chi connectivity index (χ2n) is 6.18. The quantitative estimate of drug-likeness (QED) is 0.709. The number of hydrogen-bond donors (Lipinski definition) is 1. The van der Waals surface area contributed by atoms with Gasteiger partial charge in [-0.15, -0.1) is 0 Å². The summed E-state index contributed by atoms with van der Waals surface area (Å²) in [7, 11) is 0. The van der Waals surface area contributed by atoms with Crippen LogP contribution in [0.5, 0.6) is 0 Å². The molecule has 0 aliphatic carbocycles. The fourth-order valence-electron chi connectivity index (χ4n) is 3.09. The number of amides is 1. The van der Waals surface area contributed by atoms with Gasteiger partial charge in [-0.2, -0.15) is 0 Å². The van der Waals surface area contributed by atoms with Crippen molar-refractivity contribution in [3.63, 3.8) is 0 Å². The third kappa shape index (κ3) is 3.43. The zero-order chi connectivity index (χ0) is 17.9. The van der Waals surface area contributed by atoms with Gasteiger partial charge in [0.1, 0.15) is 6.10 Å². The number of carbonyl (C=O) groups excluding carboxylic acids is 1. The fourth-order valence-corrected chi connectivity index (χ4v) is 3.51. The van der Waals surface area contributed by atoms with Gasteiger partial charge in [-0.05, 0) is 17.2 Å². The number of rotatable bonds is 4. The van der Waals surface area contributed by atoms with Crippen molar-refractivity contribution in [3.8, 4) is 0 Å². The van der Waals surface area contributed by atoms with E-state index in [2.05, 4.69) is 38.4 Å². The highest BCUT2D eigenvalue weighted by Gasteiger charge is 2.26. The van der Waals surface area contributed by atoms with E-state index >= 15 is 0 Å². The minimum absolute atomic E-state index is 0.0194. The monoisotopic (exact) mass is 411 g/mol. The van der Waals surface area contributed by atoms with Gasteiger partial charge in [-0.1, -0.05) is 64.5 Å². The highest BCUT2D eigenvalue weighted by molar-refractivity contribution is 9.10. The molecule has 0 radical (unpaired) electrons. The number of imidazole rings is 1. The minimum Gasteiger partial charge on any atom is -0.365 e. The van der Waals surface area contributed by atoms with Gasteiger partial charge in [0, 0.05) is 11.0 Å². The normalized spacial score (nSPS) is 16.1. The molecule has 6 heteroatoms. The lowest BCUT2D eigenvalue weighted by Gasteiger charge is -2.25. The van der Waals surface area contributed by atoms with E-state index in [4.69, 9.17) is 4.74 Å². The Hall–Kier alpha value is -2.44. The molecule has 1 aliphatic rings. The molecule has 26 heavy (non-hydrogen) atoms. The van der Waals surface area contributed by atoms with E-state index in [9.17, 15) is 4.79 Å². The van der Waals surface area contributed by atoms with Crippen LogP contribution in [0, 0.1) is 0 Å². The fraction of sp³-hybridized carbons (Fsp3) is 0.200. The van der Waals surface area contributed by atoms with Crippen LogP contribution >= 0.6 is 15.9 Å². The van der Waals surface area contributed by atoms with Crippen LogP contribution in [0.4, 0.5) is 0 Å². The molecule has 1 N–H and O–H groups in total. The molecule has 5 nitrogen and oxygen atoms in total. The van der Waals surface area contributed by atoms with Crippen molar-refractivity contribution in [2.75, 3.05) is 0 Å². The Morgan fingerprint density at radius 2 is 1.96 bits per heavy atom. The Morgan fingerprint density at radius 1 is 1.19 bits per heavy atom. The zero-order valence-corrected chi connectivity index (χ0v) is 15.6. The van der Waals surface area contributed by atoms with Crippen molar-refractivity contribution in [2.45, 2.75) is 25.8 Å². The topological polar surface area (TPSA) is 56.2 Å². The number of benzene rings is 2. The first kappa shape index (κ1) is 17.0. The van der Waals surface area contributed by atoms with Gasteiger partial charge in [0.2, 0.25) is 0 Å². The Labute approximate surface area is 160 Å². The number of ether oxygens (including phenoxy) is 1. The molecular formula is C20H18BrN3O2. The van der Waals surface area contributed by atoms with Gasteiger partial charge in [0.25, 0.3) is 5.91 Å². The lowest BCUT2D eigenvalue weighted by atomic mass is 10.1. The van der Waals surface area contributed by atoms with E-state index in [0.29, 0.717) is 25.4 Å². The van der Waals surface area contributed by atoms with E-state index in [1.807, 2.05) is 47.0 Å². The molecule has 4 rings (SSSR count). The summed E-state index contributed by atoms with van der Waals surface area (Å²) < 4.78 is 8.95. The molecule has 3 aromatic rings. The van der Waals surface area contributed by atoms with Gasteiger partial charge < -0.3 is 14.6 Å². The maximum absolute atomic E-state index is 12.6. The van der Waals surface area contributed by atoms with E-state index < -0.39 is 0 Å². The molecule has 1 aliphatic heterocycles. The van der Waals surface area contributed by atoms with Crippen molar-refractivity contribution in [2.24, 2.45) is 0 Å². The Kier molecular flexibility index (Phi) is 4.86. The predicted molar refractivity (Wildman–Crippen MR) is 102 cm³/mol. The number of aromatic nitrogens is 2. The molecule has 0 saturated carbocycles. The molecule has 0 fully saturated rings. The molecule has 1 amide bonds. The summed E-state index contributed by atoms with van der Waals surface area (Å²) in [5, 5.41) is 2.93. The number of halogens is 1. The summed E-state index contributed by atoms with van der Waals surface area (Å²) in [5.41, 5.74) is 3.41. The van der Waals surface area contributed by atoms with E-state index in [0.717, 1.165) is 21.3 Å². The SMILES string of the molecule is O=C(NCc1ccccc1Br)c1ncn2c1COC(c1ccccc1)C2. The first-order valence-electron chi connectivity index (χ1n) is 8.44. The van der Waals surface area contributed by atoms with Gasteiger partial charge in [-0.25, -0.2) is 4.98 Å². The summed E-state index contributed by atoms with van der Waals surface area (Å²) in [6.07, 6.45) is 1.70. The van der Waals surface area contributed by atoms with Crippen molar-refractivity contribution in [1.29, 1.82) is 0 Å². The molecule has 0 bridgehead atoms. The van der Waals surface area contributed by atoms with Crippen LogP contribution in [-0.4, -0.2) is 15.5 Å². The first-order valence-corrected chi connectivity index (χ1v) is 9.24. The van der Waals surface area contributed by atoms with Crippen LogP contribution in [-0.2, 0) is 24.4 Å². The van der Waals surface area contributed by atoms with Crippen molar-refractivity contribution in [3.05, 3.63) is 87.9 Å². The maximum Gasteiger partial charge on any atom is 0.272 e.